The summed E-state index contributed by atoms with van der Waals surface area (Å²) in [4.78, 5) is 0. The van der Waals surface area contributed by atoms with Crippen LogP contribution in [0.25, 0.3) is 0 Å². The topological polar surface area (TPSA) is 45.0 Å². The SMILES string of the molecule is N#Cc1ccc(F)c(CNCC2Cc3ccccc3O2)c1. The summed E-state index contributed by atoms with van der Waals surface area (Å²) < 4.78 is 19.5. The number of nitrogens with one attached hydrogen (secondary N) is 1. The molecule has 0 fully saturated rings. The third kappa shape index (κ3) is 3.04. The molecule has 106 valence electrons. The number of hydrogen-bond acceptors (Lipinski definition) is 3. The molecule has 1 atom stereocenters. The van der Waals surface area contributed by atoms with Gasteiger partial charge < -0.3 is 10.1 Å². The third-order valence-corrected chi connectivity index (χ3v) is 3.58. The van der Waals surface area contributed by atoms with Crippen LogP contribution in [0.1, 0.15) is 16.7 Å². The van der Waals surface area contributed by atoms with Gasteiger partial charge in [0.2, 0.25) is 0 Å². The highest BCUT2D eigenvalue weighted by Gasteiger charge is 2.21. The number of benzene rings is 2. The highest BCUT2D eigenvalue weighted by molar-refractivity contribution is 5.37. The average Bonchev–Trinajstić information content (AvgIpc) is 2.92. The van der Waals surface area contributed by atoms with E-state index >= 15 is 0 Å². The molecule has 0 amide bonds. The Morgan fingerprint density at radius 1 is 1.29 bits per heavy atom. The molecule has 1 N–H and O–H groups in total. The van der Waals surface area contributed by atoms with Gasteiger partial charge in [-0.15, -0.1) is 0 Å². The van der Waals surface area contributed by atoms with Crippen molar-refractivity contribution in [2.45, 2.75) is 19.1 Å². The lowest BCUT2D eigenvalue weighted by molar-refractivity contribution is 0.227. The summed E-state index contributed by atoms with van der Waals surface area (Å²) in [7, 11) is 0. The van der Waals surface area contributed by atoms with Crippen LogP contribution in [-0.2, 0) is 13.0 Å². The Hall–Kier alpha value is -2.38. The zero-order valence-corrected chi connectivity index (χ0v) is 11.5. The minimum atomic E-state index is -0.294. The van der Waals surface area contributed by atoms with Gasteiger partial charge >= 0.3 is 0 Å². The van der Waals surface area contributed by atoms with E-state index < -0.39 is 0 Å². The quantitative estimate of drug-likeness (QED) is 0.938. The minimum Gasteiger partial charge on any atom is -0.488 e. The molecular formula is C17H15FN2O. The number of fused-ring (bicyclic) bond motifs is 1. The molecule has 0 aromatic heterocycles. The minimum absolute atomic E-state index is 0.0737. The lowest BCUT2D eigenvalue weighted by Crippen LogP contribution is -2.30. The van der Waals surface area contributed by atoms with Gasteiger partial charge in [0.1, 0.15) is 17.7 Å². The Labute approximate surface area is 123 Å². The number of nitrogens with zero attached hydrogens (tertiary/aromatic N) is 1. The molecule has 0 aliphatic carbocycles. The van der Waals surface area contributed by atoms with Crippen LogP contribution in [0.4, 0.5) is 4.39 Å². The van der Waals surface area contributed by atoms with Crippen LogP contribution in [0.15, 0.2) is 42.5 Å². The molecule has 1 aliphatic rings. The molecule has 3 nitrogen and oxygen atoms in total. The van der Waals surface area contributed by atoms with Gasteiger partial charge in [0.15, 0.2) is 0 Å². The zero-order valence-electron chi connectivity index (χ0n) is 11.5. The molecule has 1 heterocycles. The van der Waals surface area contributed by atoms with Crippen LogP contribution in [0.3, 0.4) is 0 Å². The highest BCUT2D eigenvalue weighted by atomic mass is 19.1. The molecule has 2 aromatic carbocycles. The second-order valence-electron chi connectivity index (χ2n) is 5.10. The van der Waals surface area contributed by atoms with Crippen LogP contribution in [-0.4, -0.2) is 12.6 Å². The molecule has 0 bridgehead atoms. The molecule has 3 rings (SSSR count). The first-order valence-corrected chi connectivity index (χ1v) is 6.90. The maximum Gasteiger partial charge on any atom is 0.127 e. The van der Waals surface area contributed by atoms with Gasteiger partial charge in [-0.25, -0.2) is 4.39 Å². The van der Waals surface area contributed by atoms with E-state index in [1.165, 1.54) is 17.7 Å². The van der Waals surface area contributed by atoms with E-state index in [0.29, 0.717) is 24.2 Å². The van der Waals surface area contributed by atoms with Gasteiger partial charge in [-0.1, -0.05) is 18.2 Å². The van der Waals surface area contributed by atoms with Gasteiger partial charge in [-0.3, -0.25) is 0 Å². The highest BCUT2D eigenvalue weighted by Crippen LogP contribution is 2.27. The Kier molecular flexibility index (Phi) is 3.85. The van der Waals surface area contributed by atoms with Crippen LogP contribution in [0.2, 0.25) is 0 Å². The van der Waals surface area contributed by atoms with Crippen LogP contribution in [0, 0.1) is 17.1 Å². The number of rotatable bonds is 4. The van der Waals surface area contributed by atoms with E-state index in [4.69, 9.17) is 10.00 Å². The first-order chi connectivity index (χ1) is 10.3. The van der Waals surface area contributed by atoms with E-state index in [0.717, 1.165) is 12.2 Å². The molecule has 0 spiro atoms. The van der Waals surface area contributed by atoms with E-state index in [1.807, 2.05) is 24.3 Å². The second kappa shape index (κ2) is 5.94. The van der Waals surface area contributed by atoms with E-state index in [2.05, 4.69) is 11.4 Å². The van der Waals surface area contributed by atoms with Crippen molar-refractivity contribution in [3.63, 3.8) is 0 Å². The Balaban J connectivity index is 1.55. The van der Waals surface area contributed by atoms with E-state index in [-0.39, 0.29) is 11.9 Å². The van der Waals surface area contributed by atoms with Crippen molar-refractivity contribution in [2.75, 3.05) is 6.54 Å². The third-order valence-electron chi connectivity index (χ3n) is 3.58. The van der Waals surface area contributed by atoms with Gasteiger partial charge in [-0.05, 0) is 29.8 Å². The number of para-hydroxylation sites is 1. The molecule has 21 heavy (non-hydrogen) atoms. The molecule has 1 unspecified atom stereocenters. The molecule has 0 radical (unpaired) electrons. The molecule has 2 aromatic rings. The summed E-state index contributed by atoms with van der Waals surface area (Å²) in [5, 5.41) is 12.0. The fraction of sp³-hybridized carbons (Fsp3) is 0.235. The number of halogens is 1. The number of ether oxygens (including phenoxy) is 1. The van der Waals surface area contributed by atoms with Gasteiger partial charge in [0, 0.05) is 25.1 Å². The summed E-state index contributed by atoms with van der Waals surface area (Å²) in [5.74, 6) is 0.638. The fourth-order valence-corrected chi connectivity index (χ4v) is 2.52. The second-order valence-corrected chi connectivity index (χ2v) is 5.10. The van der Waals surface area contributed by atoms with Gasteiger partial charge in [0.05, 0.1) is 11.6 Å². The Morgan fingerprint density at radius 2 is 2.14 bits per heavy atom. The summed E-state index contributed by atoms with van der Waals surface area (Å²) in [6.45, 7) is 1.03. The van der Waals surface area contributed by atoms with Gasteiger partial charge in [-0.2, -0.15) is 5.26 Å². The van der Waals surface area contributed by atoms with Crippen molar-refractivity contribution in [2.24, 2.45) is 0 Å². The smallest absolute Gasteiger partial charge is 0.127 e. The summed E-state index contributed by atoms with van der Waals surface area (Å²) in [5.41, 5.74) is 2.18. The molecular weight excluding hydrogens is 267 g/mol. The van der Waals surface area contributed by atoms with Crippen LogP contribution >= 0.6 is 0 Å². The summed E-state index contributed by atoms with van der Waals surface area (Å²) in [6, 6.07) is 14.4. The molecule has 0 saturated heterocycles. The first kappa shape index (κ1) is 13.6. The first-order valence-electron chi connectivity index (χ1n) is 6.90. The average molecular weight is 282 g/mol. The molecule has 0 saturated carbocycles. The van der Waals surface area contributed by atoms with Crippen molar-refractivity contribution in [3.8, 4) is 11.8 Å². The predicted octanol–water partition coefficient (Wildman–Crippen LogP) is 2.79. The van der Waals surface area contributed by atoms with Crippen LogP contribution < -0.4 is 10.1 Å². The number of hydrogen-bond donors (Lipinski definition) is 1. The van der Waals surface area contributed by atoms with Crippen LogP contribution in [0.5, 0.6) is 5.75 Å². The van der Waals surface area contributed by atoms with Gasteiger partial charge in [0.25, 0.3) is 0 Å². The molecule has 1 aliphatic heterocycles. The lowest BCUT2D eigenvalue weighted by Gasteiger charge is -2.12. The van der Waals surface area contributed by atoms with E-state index in [9.17, 15) is 4.39 Å². The van der Waals surface area contributed by atoms with E-state index in [1.54, 1.807) is 6.07 Å². The summed E-state index contributed by atoms with van der Waals surface area (Å²) in [6.07, 6.45) is 0.939. The fourth-order valence-electron chi connectivity index (χ4n) is 2.52. The lowest BCUT2D eigenvalue weighted by atomic mass is 10.1. The van der Waals surface area contributed by atoms with Crippen molar-refractivity contribution in [1.82, 2.24) is 5.32 Å². The van der Waals surface area contributed by atoms with Crippen molar-refractivity contribution < 1.29 is 9.13 Å². The Bertz CT molecular complexity index is 668. The number of nitriles is 1. The monoisotopic (exact) mass is 282 g/mol. The standard InChI is InChI=1S/C17H15FN2O/c18-16-6-5-12(9-19)7-14(16)10-20-11-15-8-13-3-1-2-4-17(13)21-15/h1-7,15,20H,8,10-11H2. The van der Waals surface area contributed by atoms with Crippen molar-refractivity contribution in [1.29, 1.82) is 5.26 Å². The maximum atomic E-state index is 13.6. The largest absolute Gasteiger partial charge is 0.488 e. The predicted molar refractivity (Wildman–Crippen MR) is 77.4 cm³/mol. The van der Waals surface area contributed by atoms with Crippen molar-refractivity contribution in [3.05, 3.63) is 65.0 Å². The normalized spacial score (nSPS) is 16.1. The summed E-state index contributed by atoms with van der Waals surface area (Å²) >= 11 is 0. The Morgan fingerprint density at radius 3 is 2.95 bits per heavy atom. The maximum absolute atomic E-state index is 13.6. The molecule has 4 heteroatoms. The zero-order chi connectivity index (χ0) is 14.7. The van der Waals surface area contributed by atoms with Crippen molar-refractivity contribution >= 4 is 0 Å².